The Bertz CT molecular complexity index is 1040. The van der Waals surface area contributed by atoms with Gasteiger partial charge in [0.15, 0.2) is 0 Å². The van der Waals surface area contributed by atoms with Gasteiger partial charge in [-0.15, -0.1) is 0 Å². The Morgan fingerprint density at radius 2 is 1.53 bits per heavy atom. The molecule has 0 radical (unpaired) electrons. The summed E-state index contributed by atoms with van der Waals surface area (Å²) >= 11 is 0. The number of para-hydroxylation sites is 1. The molecule has 4 unspecified atom stereocenters. The van der Waals surface area contributed by atoms with E-state index in [-0.39, 0.29) is 12.8 Å². The molecule has 4 atom stereocenters. The molecule has 0 saturated carbocycles. The average molecular weight is 507 g/mol. The van der Waals surface area contributed by atoms with E-state index >= 15 is 0 Å². The maximum atomic E-state index is 13.2. The van der Waals surface area contributed by atoms with Crippen LogP contribution in [0.2, 0.25) is 0 Å². The number of hydrogen-bond acceptors (Lipinski definition) is 8. The summed E-state index contributed by atoms with van der Waals surface area (Å²) in [4.78, 5) is 52.8. The average Bonchev–Trinajstić information content (AvgIpc) is 3.28. The molecule has 2 rings (SSSR count). The van der Waals surface area contributed by atoms with Crippen molar-refractivity contribution in [2.45, 2.75) is 49.9 Å². The minimum atomic E-state index is -1.57. The van der Waals surface area contributed by atoms with Crippen LogP contribution in [0.5, 0.6) is 0 Å². The molecular formula is C23H34N6O7. The highest BCUT2D eigenvalue weighted by atomic mass is 16.4. The van der Waals surface area contributed by atoms with Gasteiger partial charge in [-0.3, -0.25) is 14.4 Å². The molecule has 198 valence electrons. The molecule has 36 heavy (non-hydrogen) atoms. The number of carboxylic acid groups (broad SMARTS) is 1. The molecule has 0 saturated heterocycles. The number of unbranched alkanes of at least 4 members (excludes halogenated alkanes) is 1. The van der Waals surface area contributed by atoms with Crippen molar-refractivity contribution in [3.05, 3.63) is 36.0 Å². The molecule has 0 bridgehead atoms. The molecule has 0 fully saturated rings. The van der Waals surface area contributed by atoms with Gasteiger partial charge in [0.2, 0.25) is 17.7 Å². The topological polar surface area (TPSA) is 233 Å². The lowest BCUT2D eigenvalue weighted by Gasteiger charge is -2.25. The van der Waals surface area contributed by atoms with Gasteiger partial charge in [-0.25, -0.2) is 4.79 Å². The number of aliphatic hydroxyl groups is 2. The van der Waals surface area contributed by atoms with Crippen molar-refractivity contribution in [2.75, 3.05) is 19.8 Å². The number of hydrogen-bond donors (Lipinski definition) is 9. The van der Waals surface area contributed by atoms with Crippen molar-refractivity contribution < 1.29 is 34.5 Å². The first kappa shape index (κ1) is 28.7. The maximum Gasteiger partial charge on any atom is 0.328 e. The lowest BCUT2D eigenvalue weighted by molar-refractivity contribution is -0.143. The largest absolute Gasteiger partial charge is 0.480 e. The third kappa shape index (κ3) is 8.02. The predicted octanol–water partition coefficient (Wildman–Crippen LogP) is -2.31. The van der Waals surface area contributed by atoms with E-state index in [4.69, 9.17) is 16.6 Å². The summed E-state index contributed by atoms with van der Waals surface area (Å²) in [5.74, 6) is -3.70. The highest BCUT2D eigenvalue weighted by molar-refractivity contribution is 5.94. The Balaban J connectivity index is 2.28. The van der Waals surface area contributed by atoms with Crippen molar-refractivity contribution in [3.63, 3.8) is 0 Å². The predicted molar refractivity (Wildman–Crippen MR) is 130 cm³/mol. The van der Waals surface area contributed by atoms with Gasteiger partial charge < -0.3 is 47.7 Å². The van der Waals surface area contributed by atoms with Crippen LogP contribution in [0.3, 0.4) is 0 Å². The van der Waals surface area contributed by atoms with Gasteiger partial charge in [-0.05, 0) is 37.4 Å². The number of carbonyl (C=O) groups is 4. The van der Waals surface area contributed by atoms with Gasteiger partial charge in [0, 0.05) is 23.5 Å². The number of fused-ring (bicyclic) bond motifs is 1. The first-order valence-corrected chi connectivity index (χ1v) is 11.6. The van der Waals surface area contributed by atoms with Gasteiger partial charge in [-0.1, -0.05) is 18.2 Å². The number of benzene rings is 1. The normalized spacial score (nSPS) is 14.4. The van der Waals surface area contributed by atoms with Crippen LogP contribution in [0.1, 0.15) is 24.8 Å². The van der Waals surface area contributed by atoms with Gasteiger partial charge in [0.05, 0.1) is 13.2 Å². The zero-order chi connectivity index (χ0) is 26.7. The number of aromatic nitrogens is 1. The molecule has 0 spiro atoms. The fourth-order valence-corrected chi connectivity index (χ4v) is 3.58. The quantitative estimate of drug-likeness (QED) is 0.118. The first-order valence-electron chi connectivity index (χ1n) is 11.6. The van der Waals surface area contributed by atoms with Crippen LogP contribution < -0.4 is 27.4 Å². The highest BCUT2D eigenvalue weighted by Gasteiger charge is 2.30. The molecule has 13 heteroatoms. The summed E-state index contributed by atoms with van der Waals surface area (Å²) < 4.78 is 0. The zero-order valence-corrected chi connectivity index (χ0v) is 19.8. The Morgan fingerprint density at radius 1 is 0.889 bits per heavy atom. The van der Waals surface area contributed by atoms with Crippen molar-refractivity contribution in [2.24, 2.45) is 11.5 Å². The Hall–Kier alpha value is -3.52. The van der Waals surface area contributed by atoms with Crippen molar-refractivity contribution >= 4 is 34.6 Å². The van der Waals surface area contributed by atoms with Crippen molar-refractivity contribution in [1.29, 1.82) is 0 Å². The molecule has 0 aliphatic rings. The SMILES string of the molecule is NCCCCC(NC(=O)C(N)CO)C(=O)NC(Cc1c[nH]c2ccccc12)C(=O)NC(CO)C(=O)O. The van der Waals surface area contributed by atoms with E-state index < -0.39 is 61.1 Å². The molecular weight excluding hydrogens is 472 g/mol. The van der Waals surface area contributed by atoms with Gasteiger partial charge in [-0.2, -0.15) is 0 Å². The molecule has 1 aromatic heterocycles. The van der Waals surface area contributed by atoms with Crippen LogP contribution in [0.25, 0.3) is 10.9 Å². The number of nitrogens with two attached hydrogens (primary N) is 2. The van der Waals surface area contributed by atoms with Crippen LogP contribution in [-0.2, 0) is 25.6 Å². The van der Waals surface area contributed by atoms with E-state index in [2.05, 4.69) is 20.9 Å². The lowest BCUT2D eigenvalue weighted by atomic mass is 10.0. The second kappa shape index (κ2) is 14.1. The second-order valence-electron chi connectivity index (χ2n) is 8.34. The summed E-state index contributed by atoms with van der Waals surface area (Å²) in [6.07, 6.45) is 2.95. The number of aliphatic carboxylic acids is 1. The van der Waals surface area contributed by atoms with Gasteiger partial charge in [0.1, 0.15) is 24.2 Å². The van der Waals surface area contributed by atoms with Crippen LogP contribution in [-0.4, -0.2) is 87.9 Å². The number of carbonyl (C=O) groups excluding carboxylic acids is 3. The van der Waals surface area contributed by atoms with E-state index in [1.807, 2.05) is 24.3 Å². The number of rotatable bonds is 15. The third-order valence-electron chi connectivity index (χ3n) is 5.64. The summed E-state index contributed by atoms with van der Waals surface area (Å²) in [7, 11) is 0. The summed E-state index contributed by atoms with van der Waals surface area (Å²) in [5, 5.41) is 35.8. The number of nitrogens with one attached hydrogen (secondary N) is 4. The molecule has 1 aromatic carbocycles. The fourth-order valence-electron chi connectivity index (χ4n) is 3.58. The minimum absolute atomic E-state index is 0.00102. The summed E-state index contributed by atoms with van der Waals surface area (Å²) in [6.45, 7) is -1.08. The molecule has 0 aliphatic heterocycles. The van der Waals surface area contributed by atoms with E-state index in [0.29, 0.717) is 24.9 Å². The standard InChI is InChI=1S/C23H34N6O7/c24-8-4-3-7-17(27-20(32)15(25)11-30)21(33)28-18(22(34)29-19(12-31)23(35)36)9-13-10-26-16-6-2-1-5-14(13)16/h1-2,5-6,10,15,17-19,26,30-31H,3-4,7-9,11-12,24-25H2,(H,27,32)(H,28,33)(H,29,34)(H,35,36). The van der Waals surface area contributed by atoms with Gasteiger partial charge in [0.25, 0.3) is 0 Å². The summed E-state index contributed by atoms with van der Waals surface area (Å²) in [6, 6.07) is 2.21. The van der Waals surface area contributed by atoms with Crippen LogP contribution in [0.15, 0.2) is 30.5 Å². The molecule has 1 heterocycles. The number of carboxylic acids is 1. The van der Waals surface area contributed by atoms with Crippen LogP contribution in [0.4, 0.5) is 0 Å². The van der Waals surface area contributed by atoms with E-state index in [9.17, 15) is 29.4 Å². The molecule has 13 nitrogen and oxygen atoms in total. The number of H-pyrrole nitrogens is 1. The van der Waals surface area contributed by atoms with Crippen molar-refractivity contribution in [1.82, 2.24) is 20.9 Å². The fraction of sp³-hybridized carbons (Fsp3) is 0.478. The minimum Gasteiger partial charge on any atom is -0.480 e. The number of aromatic amines is 1. The first-order chi connectivity index (χ1) is 17.2. The Kier molecular flexibility index (Phi) is 11.3. The highest BCUT2D eigenvalue weighted by Crippen LogP contribution is 2.19. The number of aliphatic hydroxyl groups excluding tert-OH is 2. The zero-order valence-electron chi connectivity index (χ0n) is 19.8. The van der Waals surface area contributed by atoms with Crippen LogP contribution in [0, 0.1) is 0 Å². The molecule has 3 amide bonds. The third-order valence-corrected chi connectivity index (χ3v) is 5.64. The van der Waals surface area contributed by atoms with Gasteiger partial charge >= 0.3 is 5.97 Å². The lowest BCUT2D eigenvalue weighted by Crippen LogP contribution is -2.58. The smallest absolute Gasteiger partial charge is 0.328 e. The second-order valence-corrected chi connectivity index (χ2v) is 8.34. The number of amides is 3. The van der Waals surface area contributed by atoms with Crippen molar-refractivity contribution in [3.8, 4) is 0 Å². The monoisotopic (exact) mass is 506 g/mol. The summed E-state index contributed by atoms with van der Waals surface area (Å²) in [5.41, 5.74) is 12.6. The van der Waals surface area contributed by atoms with Crippen LogP contribution >= 0.6 is 0 Å². The van der Waals surface area contributed by atoms with E-state index in [1.54, 1.807) is 6.20 Å². The maximum absolute atomic E-state index is 13.2. The van der Waals surface area contributed by atoms with E-state index in [1.165, 1.54) is 0 Å². The Morgan fingerprint density at radius 3 is 2.17 bits per heavy atom. The molecule has 2 aromatic rings. The molecule has 0 aliphatic carbocycles. The molecule has 11 N–H and O–H groups in total. The van der Waals surface area contributed by atoms with E-state index in [0.717, 1.165) is 10.9 Å². The Labute approximate surface area is 207 Å².